The Morgan fingerprint density at radius 3 is 2.26 bits per heavy atom. The maximum Gasteiger partial charge on any atom is 0.417 e. The van der Waals surface area contributed by atoms with E-state index in [1.54, 1.807) is 61.5 Å². The molecule has 13 heteroatoms. The smallest absolute Gasteiger partial charge is 0.322 e. The minimum absolute atomic E-state index is 0.317. The van der Waals surface area contributed by atoms with Crippen LogP contribution in [0.2, 0.25) is 5.02 Å². The molecule has 2 amide bonds. The normalized spacial score (nSPS) is 12.1. The monoisotopic (exact) mass is 566 g/mol. The van der Waals surface area contributed by atoms with Gasteiger partial charge in [0.2, 0.25) is 10.0 Å². The summed E-state index contributed by atoms with van der Waals surface area (Å²) < 4.78 is 64.7. The number of alkyl halides is 3. The number of halogens is 4. The van der Waals surface area contributed by atoms with Crippen LogP contribution < -0.4 is 15.0 Å². The van der Waals surface area contributed by atoms with Crippen LogP contribution in [0.5, 0.6) is 0 Å². The number of hydrazone groups is 1. The third-order valence-corrected chi connectivity index (χ3v) is 6.62. The quantitative estimate of drug-likeness (QED) is 0.298. The number of amides is 2. The molecule has 0 aromatic heterocycles. The van der Waals surface area contributed by atoms with Crippen molar-refractivity contribution in [2.75, 3.05) is 22.4 Å². The van der Waals surface area contributed by atoms with Gasteiger partial charge in [0, 0.05) is 11.3 Å². The Kier molecular flexibility index (Phi) is 8.79. The molecule has 38 heavy (non-hydrogen) atoms. The maximum absolute atomic E-state index is 13.2. The summed E-state index contributed by atoms with van der Waals surface area (Å²) in [6, 6.07) is 17.7. The van der Waals surface area contributed by atoms with E-state index in [-0.39, 0.29) is 11.6 Å². The van der Waals surface area contributed by atoms with Crippen LogP contribution in [-0.2, 0) is 21.0 Å². The molecular formula is C25H22ClF3N4O4S. The summed E-state index contributed by atoms with van der Waals surface area (Å²) in [7, 11) is -4.15. The van der Waals surface area contributed by atoms with Gasteiger partial charge in [-0.25, -0.2) is 13.8 Å². The molecule has 0 aliphatic rings. The molecule has 200 valence electrons. The van der Waals surface area contributed by atoms with Crippen molar-refractivity contribution in [2.24, 2.45) is 5.10 Å². The lowest BCUT2D eigenvalue weighted by Gasteiger charge is -2.22. The van der Waals surface area contributed by atoms with Crippen molar-refractivity contribution in [3.63, 3.8) is 0 Å². The van der Waals surface area contributed by atoms with Gasteiger partial charge in [-0.3, -0.25) is 13.9 Å². The van der Waals surface area contributed by atoms with Crippen LogP contribution in [-0.4, -0.2) is 38.7 Å². The van der Waals surface area contributed by atoms with Crippen LogP contribution in [0.15, 0.2) is 77.9 Å². The maximum atomic E-state index is 13.2. The van der Waals surface area contributed by atoms with E-state index < -0.39 is 39.2 Å². The highest BCUT2D eigenvalue weighted by Crippen LogP contribution is 2.37. The van der Waals surface area contributed by atoms with Crippen molar-refractivity contribution < 1.29 is 31.2 Å². The molecule has 0 fully saturated rings. The topological polar surface area (TPSA) is 108 Å². The van der Waals surface area contributed by atoms with Crippen LogP contribution >= 0.6 is 11.6 Å². The number of hydrogen-bond acceptors (Lipinski definition) is 5. The largest absolute Gasteiger partial charge is 0.417 e. The van der Waals surface area contributed by atoms with E-state index in [9.17, 15) is 31.2 Å². The number of carbonyl (C=O) groups is 2. The molecule has 0 aliphatic carbocycles. The number of nitrogens with one attached hydrogen (secondary N) is 2. The predicted octanol–water partition coefficient (Wildman–Crippen LogP) is 4.92. The SMILES string of the molecule is C/C(=N/NC(=O)CN(c1ccc(Cl)c(C(F)(F)F)c1)S(C)(=O)=O)c1cccc(NC(=O)c2ccccc2)c1. The summed E-state index contributed by atoms with van der Waals surface area (Å²) in [5, 5.41) is 6.10. The lowest BCUT2D eigenvalue weighted by Crippen LogP contribution is -2.39. The fourth-order valence-electron chi connectivity index (χ4n) is 3.28. The highest BCUT2D eigenvalue weighted by atomic mass is 35.5. The second-order valence-corrected chi connectivity index (χ2v) is 10.4. The molecule has 2 N–H and O–H groups in total. The van der Waals surface area contributed by atoms with Crippen molar-refractivity contribution in [1.82, 2.24) is 5.43 Å². The molecule has 3 aromatic carbocycles. The van der Waals surface area contributed by atoms with Gasteiger partial charge in [-0.05, 0) is 55.0 Å². The number of sulfonamides is 1. The summed E-state index contributed by atoms with van der Waals surface area (Å²) in [4.78, 5) is 24.9. The number of anilines is 2. The Morgan fingerprint density at radius 1 is 0.974 bits per heavy atom. The summed E-state index contributed by atoms with van der Waals surface area (Å²) in [6.07, 6.45) is -4.07. The molecule has 0 heterocycles. The number of carbonyl (C=O) groups excluding carboxylic acids is 2. The van der Waals surface area contributed by atoms with E-state index >= 15 is 0 Å². The molecule has 0 saturated heterocycles. The van der Waals surface area contributed by atoms with Crippen molar-refractivity contribution in [3.05, 3.63) is 94.5 Å². The molecule has 0 aliphatic heterocycles. The molecule has 0 unspecified atom stereocenters. The Hall–Kier alpha value is -3.90. The Labute approximate surface area is 222 Å². The van der Waals surface area contributed by atoms with Crippen LogP contribution in [0.4, 0.5) is 24.5 Å². The van der Waals surface area contributed by atoms with Gasteiger partial charge in [0.15, 0.2) is 0 Å². The first-order valence-electron chi connectivity index (χ1n) is 10.9. The summed E-state index contributed by atoms with van der Waals surface area (Å²) in [5.41, 5.74) is 2.39. The highest BCUT2D eigenvalue weighted by molar-refractivity contribution is 7.92. The van der Waals surface area contributed by atoms with Crippen LogP contribution in [0.25, 0.3) is 0 Å². The van der Waals surface area contributed by atoms with Gasteiger partial charge < -0.3 is 5.32 Å². The minimum atomic E-state index is -4.82. The third kappa shape index (κ3) is 7.56. The van der Waals surface area contributed by atoms with Crippen LogP contribution in [0, 0.1) is 0 Å². The van der Waals surface area contributed by atoms with Gasteiger partial charge in [0.1, 0.15) is 6.54 Å². The second-order valence-electron chi connectivity index (χ2n) is 8.06. The molecule has 0 atom stereocenters. The molecule has 0 saturated carbocycles. The van der Waals surface area contributed by atoms with E-state index in [0.29, 0.717) is 32.9 Å². The Balaban J connectivity index is 1.74. The van der Waals surface area contributed by atoms with Gasteiger partial charge in [0.05, 0.1) is 28.2 Å². The number of rotatable bonds is 8. The lowest BCUT2D eigenvalue weighted by atomic mass is 10.1. The highest BCUT2D eigenvalue weighted by Gasteiger charge is 2.34. The molecule has 0 radical (unpaired) electrons. The second kappa shape index (κ2) is 11.7. The van der Waals surface area contributed by atoms with Gasteiger partial charge in [-0.15, -0.1) is 0 Å². The zero-order valence-electron chi connectivity index (χ0n) is 20.1. The summed E-state index contributed by atoms with van der Waals surface area (Å²) >= 11 is 5.61. The predicted molar refractivity (Wildman–Crippen MR) is 140 cm³/mol. The minimum Gasteiger partial charge on any atom is -0.322 e. The number of nitrogens with zero attached hydrogens (tertiary/aromatic N) is 2. The zero-order valence-corrected chi connectivity index (χ0v) is 21.7. The van der Waals surface area contributed by atoms with E-state index in [1.807, 2.05) is 0 Å². The molecular weight excluding hydrogens is 545 g/mol. The van der Waals surface area contributed by atoms with E-state index in [4.69, 9.17) is 11.6 Å². The first-order valence-corrected chi connectivity index (χ1v) is 13.1. The van der Waals surface area contributed by atoms with E-state index in [0.717, 1.165) is 18.4 Å². The number of hydrogen-bond donors (Lipinski definition) is 2. The van der Waals surface area contributed by atoms with Gasteiger partial charge in [0.25, 0.3) is 11.8 Å². The molecule has 3 aromatic rings. The average molecular weight is 567 g/mol. The fourth-order valence-corrected chi connectivity index (χ4v) is 4.35. The van der Waals surface area contributed by atoms with Gasteiger partial charge >= 0.3 is 6.18 Å². The fraction of sp³-hybridized carbons (Fsp3) is 0.160. The molecule has 0 bridgehead atoms. The Morgan fingerprint density at radius 2 is 1.63 bits per heavy atom. The van der Waals surface area contributed by atoms with Crippen LogP contribution in [0.1, 0.15) is 28.4 Å². The first kappa shape index (κ1) is 28.7. The third-order valence-electron chi connectivity index (χ3n) is 5.15. The van der Waals surface area contributed by atoms with E-state index in [2.05, 4.69) is 15.8 Å². The van der Waals surface area contributed by atoms with Gasteiger partial charge in [-0.2, -0.15) is 18.3 Å². The zero-order chi connectivity index (χ0) is 28.1. The van der Waals surface area contributed by atoms with Gasteiger partial charge in [-0.1, -0.05) is 41.9 Å². The van der Waals surface area contributed by atoms with Crippen molar-refractivity contribution >= 4 is 50.5 Å². The number of benzene rings is 3. The molecule has 3 rings (SSSR count). The van der Waals surface area contributed by atoms with Crippen molar-refractivity contribution in [1.29, 1.82) is 0 Å². The average Bonchev–Trinajstić information content (AvgIpc) is 2.85. The van der Waals surface area contributed by atoms with Crippen LogP contribution in [0.3, 0.4) is 0 Å². The van der Waals surface area contributed by atoms with Crippen molar-refractivity contribution in [2.45, 2.75) is 13.1 Å². The standard InChI is InChI=1S/C25H22ClF3N4O4S/c1-16(18-9-6-10-19(13-18)30-24(35)17-7-4-3-5-8-17)31-32-23(34)15-33(38(2,36)37)20-11-12-22(26)21(14-20)25(27,28)29/h3-14H,15H2,1-2H3,(H,30,35)(H,32,34)/b31-16-. The summed E-state index contributed by atoms with van der Waals surface area (Å²) in [5.74, 6) is -1.21. The summed E-state index contributed by atoms with van der Waals surface area (Å²) in [6.45, 7) is 0.739. The molecule has 0 spiro atoms. The Bertz CT molecular complexity index is 1480. The lowest BCUT2D eigenvalue weighted by molar-refractivity contribution is -0.137. The van der Waals surface area contributed by atoms with Crippen molar-refractivity contribution in [3.8, 4) is 0 Å². The van der Waals surface area contributed by atoms with E-state index in [1.165, 1.54) is 0 Å². The molecule has 8 nitrogen and oxygen atoms in total. The first-order chi connectivity index (χ1) is 17.8.